The zero-order chi connectivity index (χ0) is 14.9. The molecule has 1 saturated heterocycles. The van der Waals surface area contributed by atoms with Crippen molar-refractivity contribution in [2.24, 2.45) is 0 Å². The fourth-order valence-electron chi connectivity index (χ4n) is 2.14. The Bertz CT molecular complexity index is 631. The summed E-state index contributed by atoms with van der Waals surface area (Å²) in [4.78, 5) is 14.1. The van der Waals surface area contributed by atoms with Crippen LogP contribution in [-0.2, 0) is 9.84 Å². The molecular weight excluding hydrogens is 362 g/mol. The van der Waals surface area contributed by atoms with Crippen molar-refractivity contribution in [2.75, 3.05) is 24.3 Å². The van der Waals surface area contributed by atoms with Crippen LogP contribution in [0.25, 0.3) is 0 Å². The highest BCUT2D eigenvalue weighted by molar-refractivity contribution is 9.10. The fraction of sp³-hybridized carbons (Fsp3) is 0.462. The minimum Gasteiger partial charge on any atom is -0.320 e. The summed E-state index contributed by atoms with van der Waals surface area (Å²) in [5.41, 5.74) is 1.48. The van der Waals surface area contributed by atoms with Crippen molar-refractivity contribution in [2.45, 2.75) is 12.3 Å². The molecule has 1 aromatic carbocycles. The van der Waals surface area contributed by atoms with Crippen molar-refractivity contribution in [3.63, 3.8) is 0 Å². The number of hydrogen-bond donors (Lipinski definition) is 0. The second-order valence-corrected chi connectivity index (χ2v) is 8.94. The summed E-state index contributed by atoms with van der Waals surface area (Å²) in [5, 5.41) is -0.735. The van der Waals surface area contributed by atoms with Crippen LogP contribution in [0, 0.1) is 6.92 Å². The molecule has 0 bridgehead atoms. The minimum atomic E-state index is -3.28. The van der Waals surface area contributed by atoms with Gasteiger partial charge < -0.3 is 4.90 Å². The van der Waals surface area contributed by atoms with Gasteiger partial charge in [-0.1, -0.05) is 12.1 Å². The lowest BCUT2D eigenvalue weighted by molar-refractivity contribution is 0.0748. The van der Waals surface area contributed by atoms with Crippen molar-refractivity contribution in [3.8, 4) is 0 Å². The van der Waals surface area contributed by atoms with E-state index in [2.05, 4.69) is 15.9 Å². The van der Waals surface area contributed by atoms with Crippen LogP contribution < -0.4 is 0 Å². The topological polar surface area (TPSA) is 54.5 Å². The van der Waals surface area contributed by atoms with E-state index in [1.54, 1.807) is 17.8 Å². The number of amides is 1. The van der Waals surface area contributed by atoms with E-state index < -0.39 is 15.2 Å². The number of carbonyl (C=O) groups excluding carboxylic acids is 1. The van der Waals surface area contributed by atoms with Gasteiger partial charge in [-0.3, -0.25) is 4.79 Å². The lowest BCUT2D eigenvalue weighted by Crippen LogP contribution is -2.50. The van der Waals surface area contributed by atoms with Gasteiger partial charge in [-0.25, -0.2) is 8.42 Å². The lowest BCUT2D eigenvalue weighted by atomic mass is 10.1. The van der Waals surface area contributed by atoms with E-state index >= 15 is 0 Å². The number of nitrogens with zero attached hydrogens (tertiary/aromatic N) is 1. The zero-order valence-electron chi connectivity index (χ0n) is 11.3. The van der Waals surface area contributed by atoms with E-state index in [1.165, 1.54) is 11.2 Å². The average Bonchev–Trinajstić information content (AvgIpc) is 2.40. The molecule has 20 heavy (non-hydrogen) atoms. The summed E-state index contributed by atoms with van der Waals surface area (Å²) >= 11 is 4.98. The van der Waals surface area contributed by atoms with Gasteiger partial charge in [0.05, 0.1) is 5.56 Å². The molecule has 1 amide bonds. The number of benzene rings is 1. The molecule has 1 heterocycles. The molecule has 0 radical (unpaired) electrons. The molecule has 1 atom stereocenters. The van der Waals surface area contributed by atoms with Crippen LogP contribution in [0.1, 0.15) is 15.9 Å². The van der Waals surface area contributed by atoms with Crippen LogP contribution in [0.4, 0.5) is 0 Å². The van der Waals surface area contributed by atoms with Gasteiger partial charge in [0.1, 0.15) is 5.37 Å². The van der Waals surface area contributed by atoms with E-state index in [0.717, 1.165) is 15.8 Å². The molecule has 1 aliphatic rings. The number of carbonyl (C=O) groups is 1. The first-order valence-electron chi connectivity index (χ1n) is 6.15. The molecule has 0 aliphatic carbocycles. The Morgan fingerprint density at radius 2 is 2.15 bits per heavy atom. The lowest BCUT2D eigenvalue weighted by Gasteiger charge is -2.34. The molecule has 1 aromatic rings. The monoisotopic (exact) mass is 377 g/mol. The second kappa shape index (κ2) is 6.07. The summed E-state index contributed by atoms with van der Waals surface area (Å²) in [7, 11) is -3.28. The maximum atomic E-state index is 12.7. The van der Waals surface area contributed by atoms with Gasteiger partial charge in [-0.15, -0.1) is 0 Å². The molecule has 0 aromatic heterocycles. The van der Waals surface area contributed by atoms with Gasteiger partial charge in [0.2, 0.25) is 0 Å². The summed E-state index contributed by atoms with van der Waals surface area (Å²) in [6.45, 7) is 2.36. The van der Waals surface area contributed by atoms with Crippen LogP contribution >= 0.6 is 27.7 Å². The third-order valence-electron chi connectivity index (χ3n) is 3.26. The summed E-state index contributed by atoms with van der Waals surface area (Å²) in [6.07, 6.45) is 1.19. The summed E-state index contributed by atoms with van der Waals surface area (Å²) in [5.74, 6) is 0.978. The molecule has 1 aliphatic heterocycles. The highest BCUT2D eigenvalue weighted by Crippen LogP contribution is 2.27. The Morgan fingerprint density at radius 3 is 2.80 bits per heavy atom. The first-order valence-corrected chi connectivity index (χ1v) is 10.1. The van der Waals surface area contributed by atoms with E-state index in [0.29, 0.717) is 17.9 Å². The van der Waals surface area contributed by atoms with Crippen LogP contribution in [0.2, 0.25) is 0 Å². The van der Waals surface area contributed by atoms with Gasteiger partial charge in [-0.05, 0) is 34.5 Å². The Kier molecular flexibility index (Phi) is 4.81. The maximum Gasteiger partial charge on any atom is 0.256 e. The zero-order valence-corrected chi connectivity index (χ0v) is 14.5. The number of rotatable bonds is 2. The predicted molar refractivity (Wildman–Crippen MR) is 85.9 cm³/mol. The molecule has 1 unspecified atom stereocenters. The van der Waals surface area contributed by atoms with E-state index in [1.807, 2.05) is 19.1 Å². The van der Waals surface area contributed by atoms with Crippen molar-refractivity contribution in [1.82, 2.24) is 4.90 Å². The van der Waals surface area contributed by atoms with E-state index in [4.69, 9.17) is 0 Å². The highest BCUT2D eigenvalue weighted by atomic mass is 79.9. The molecule has 2 rings (SSSR count). The predicted octanol–water partition coefficient (Wildman–Crippen LogP) is 2.32. The summed E-state index contributed by atoms with van der Waals surface area (Å²) in [6, 6.07) is 5.43. The molecule has 0 N–H and O–H groups in total. The van der Waals surface area contributed by atoms with Gasteiger partial charge in [-0.2, -0.15) is 11.8 Å². The smallest absolute Gasteiger partial charge is 0.256 e. The molecule has 7 heteroatoms. The maximum absolute atomic E-state index is 12.7. The Balaban J connectivity index is 2.38. The molecule has 1 fully saturated rings. The van der Waals surface area contributed by atoms with Crippen LogP contribution in [0.3, 0.4) is 0 Å². The van der Waals surface area contributed by atoms with E-state index in [9.17, 15) is 13.2 Å². The van der Waals surface area contributed by atoms with Crippen molar-refractivity contribution in [1.29, 1.82) is 0 Å². The summed E-state index contributed by atoms with van der Waals surface area (Å²) < 4.78 is 24.5. The Morgan fingerprint density at radius 1 is 1.45 bits per heavy atom. The number of sulfone groups is 1. The Hall–Kier alpha value is -0.530. The fourth-order valence-corrected chi connectivity index (χ4v) is 5.38. The second-order valence-electron chi connectivity index (χ2n) is 4.79. The quantitative estimate of drug-likeness (QED) is 0.793. The van der Waals surface area contributed by atoms with Gasteiger partial charge in [0.25, 0.3) is 5.91 Å². The standard InChI is InChI=1S/C13H16BrNO3S2/c1-9-4-3-5-10(12(9)14)13(16)15-6-7-19-8-11(15)20(2,17)18/h3-5,11H,6-8H2,1-2H3. The van der Waals surface area contributed by atoms with Crippen LogP contribution in [-0.4, -0.2) is 48.9 Å². The molecule has 4 nitrogen and oxygen atoms in total. The third-order valence-corrected chi connectivity index (χ3v) is 6.96. The number of aryl methyl sites for hydroxylation is 1. The van der Waals surface area contributed by atoms with Crippen molar-refractivity contribution >= 4 is 43.4 Å². The minimum absolute atomic E-state index is 0.226. The van der Waals surface area contributed by atoms with Gasteiger partial charge in [0.15, 0.2) is 9.84 Å². The van der Waals surface area contributed by atoms with Crippen LogP contribution in [0.15, 0.2) is 22.7 Å². The molecule has 110 valence electrons. The van der Waals surface area contributed by atoms with Crippen molar-refractivity contribution < 1.29 is 13.2 Å². The molecule has 0 spiro atoms. The molecular formula is C13H16BrNO3S2. The SMILES string of the molecule is Cc1cccc(C(=O)N2CCSCC2S(C)(=O)=O)c1Br. The number of halogens is 1. The highest BCUT2D eigenvalue weighted by Gasteiger charge is 2.35. The normalized spacial score (nSPS) is 19.9. The van der Waals surface area contributed by atoms with Crippen LogP contribution in [0.5, 0.6) is 0 Å². The first kappa shape index (κ1) is 15.9. The Labute approximate surface area is 132 Å². The molecule has 0 saturated carbocycles. The number of thioether (sulfide) groups is 1. The van der Waals surface area contributed by atoms with Gasteiger partial charge in [0, 0.05) is 28.8 Å². The van der Waals surface area contributed by atoms with E-state index in [-0.39, 0.29) is 5.91 Å². The first-order chi connectivity index (χ1) is 9.32. The van der Waals surface area contributed by atoms with Gasteiger partial charge >= 0.3 is 0 Å². The van der Waals surface area contributed by atoms with Crippen molar-refractivity contribution in [3.05, 3.63) is 33.8 Å². The number of hydrogen-bond acceptors (Lipinski definition) is 4. The average molecular weight is 378 g/mol. The largest absolute Gasteiger partial charge is 0.320 e. The third kappa shape index (κ3) is 3.20.